The zero-order chi connectivity index (χ0) is 15.1. The Balaban J connectivity index is 2.16. The maximum absolute atomic E-state index is 5.56. The lowest BCUT2D eigenvalue weighted by atomic mass is 9.97. The lowest BCUT2D eigenvalue weighted by Crippen LogP contribution is -2.23. The Hall–Kier alpha value is -1.32. The van der Waals surface area contributed by atoms with Crippen molar-refractivity contribution in [3.63, 3.8) is 0 Å². The van der Waals surface area contributed by atoms with Crippen molar-refractivity contribution in [1.82, 2.24) is 5.32 Å². The average Bonchev–Trinajstić information content (AvgIpc) is 3.01. The zero-order valence-electron chi connectivity index (χ0n) is 13.2. The van der Waals surface area contributed by atoms with Gasteiger partial charge in [-0.2, -0.15) is 11.3 Å². The van der Waals surface area contributed by atoms with Crippen LogP contribution in [-0.4, -0.2) is 13.7 Å². The fraction of sp³-hybridized carbons (Fsp3) is 0.444. The van der Waals surface area contributed by atoms with Gasteiger partial charge in [0.1, 0.15) is 5.75 Å². The molecule has 1 aromatic heterocycles. The van der Waals surface area contributed by atoms with Crippen LogP contribution in [-0.2, 0) is 6.42 Å². The Bertz CT molecular complexity index is 536. The molecular formula is C18H25NOS. The zero-order valence-corrected chi connectivity index (χ0v) is 14.0. The highest BCUT2D eigenvalue weighted by atomic mass is 32.1. The summed E-state index contributed by atoms with van der Waals surface area (Å²) in [4.78, 5) is 0. The van der Waals surface area contributed by atoms with E-state index in [0.717, 1.165) is 31.6 Å². The molecule has 0 bridgehead atoms. The number of rotatable bonds is 8. The van der Waals surface area contributed by atoms with E-state index in [1.807, 2.05) is 0 Å². The van der Waals surface area contributed by atoms with Gasteiger partial charge >= 0.3 is 0 Å². The summed E-state index contributed by atoms with van der Waals surface area (Å²) >= 11 is 1.77. The van der Waals surface area contributed by atoms with E-state index in [0.29, 0.717) is 6.04 Å². The molecule has 21 heavy (non-hydrogen) atoms. The molecule has 0 saturated carbocycles. The fourth-order valence-electron chi connectivity index (χ4n) is 2.56. The monoisotopic (exact) mass is 303 g/mol. The summed E-state index contributed by atoms with van der Waals surface area (Å²) in [5.41, 5.74) is 3.99. The Morgan fingerprint density at radius 3 is 2.81 bits per heavy atom. The van der Waals surface area contributed by atoms with Gasteiger partial charge in [-0.05, 0) is 61.2 Å². The van der Waals surface area contributed by atoms with Crippen LogP contribution in [0.5, 0.6) is 5.75 Å². The Morgan fingerprint density at radius 1 is 1.29 bits per heavy atom. The van der Waals surface area contributed by atoms with Gasteiger partial charge in [0, 0.05) is 11.6 Å². The first-order valence-corrected chi connectivity index (χ1v) is 8.58. The number of ether oxygens (including phenoxy) is 1. The van der Waals surface area contributed by atoms with E-state index in [1.54, 1.807) is 18.4 Å². The third-order valence-corrected chi connectivity index (χ3v) is 4.44. The van der Waals surface area contributed by atoms with Crippen molar-refractivity contribution in [2.45, 2.75) is 39.2 Å². The topological polar surface area (TPSA) is 21.3 Å². The van der Waals surface area contributed by atoms with Crippen LogP contribution in [0.2, 0.25) is 0 Å². The van der Waals surface area contributed by atoms with Crippen LogP contribution in [0.15, 0.2) is 35.0 Å². The summed E-state index contributed by atoms with van der Waals surface area (Å²) in [6, 6.07) is 9.00. The molecule has 114 valence electrons. The maximum atomic E-state index is 5.56. The van der Waals surface area contributed by atoms with Gasteiger partial charge in [0.2, 0.25) is 0 Å². The Labute approximate surface area is 132 Å². The van der Waals surface area contributed by atoms with Crippen LogP contribution < -0.4 is 10.1 Å². The fourth-order valence-corrected chi connectivity index (χ4v) is 3.26. The van der Waals surface area contributed by atoms with Gasteiger partial charge in [-0.25, -0.2) is 0 Å². The molecule has 1 atom stereocenters. The van der Waals surface area contributed by atoms with Crippen molar-refractivity contribution >= 4 is 11.3 Å². The number of benzene rings is 1. The van der Waals surface area contributed by atoms with Crippen LogP contribution >= 0.6 is 11.3 Å². The van der Waals surface area contributed by atoms with Crippen molar-refractivity contribution in [3.05, 3.63) is 51.7 Å². The molecule has 2 rings (SSSR count). The van der Waals surface area contributed by atoms with Crippen molar-refractivity contribution in [1.29, 1.82) is 0 Å². The highest BCUT2D eigenvalue weighted by Gasteiger charge is 2.16. The molecule has 1 aromatic carbocycles. The minimum absolute atomic E-state index is 0.347. The van der Waals surface area contributed by atoms with E-state index in [2.05, 4.69) is 54.2 Å². The van der Waals surface area contributed by atoms with Crippen molar-refractivity contribution in [2.24, 2.45) is 0 Å². The normalized spacial score (nSPS) is 12.3. The summed E-state index contributed by atoms with van der Waals surface area (Å²) in [5, 5.41) is 8.06. The predicted molar refractivity (Wildman–Crippen MR) is 91.4 cm³/mol. The molecular weight excluding hydrogens is 278 g/mol. The largest absolute Gasteiger partial charge is 0.496 e. The van der Waals surface area contributed by atoms with Crippen LogP contribution in [0, 0.1) is 6.92 Å². The maximum Gasteiger partial charge on any atom is 0.123 e. The smallest absolute Gasteiger partial charge is 0.123 e. The van der Waals surface area contributed by atoms with Gasteiger partial charge in [0.25, 0.3) is 0 Å². The standard InChI is InChI=1S/C18H25NOS/c1-4-10-19-17(7-6-15-9-11-21-13-15)16-12-14(2)5-8-18(16)20-3/h5,8-9,11-13,17,19H,4,6-7,10H2,1-3H3. The quantitative estimate of drug-likeness (QED) is 0.760. The van der Waals surface area contributed by atoms with Gasteiger partial charge in [-0.15, -0.1) is 0 Å². The third kappa shape index (κ3) is 4.58. The van der Waals surface area contributed by atoms with Crippen molar-refractivity contribution in [3.8, 4) is 5.75 Å². The molecule has 0 aliphatic heterocycles. The molecule has 3 heteroatoms. The number of methoxy groups -OCH3 is 1. The van der Waals surface area contributed by atoms with Crippen molar-refractivity contribution < 1.29 is 4.74 Å². The second kappa shape index (κ2) is 8.20. The second-order valence-corrected chi connectivity index (χ2v) is 6.20. The minimum atomic E-state index is 0.347. The van der Waals surface area contributed by atoms with Gasteiger partial charge < -0.3 is 10.1 Å². The average molecular weight is 303 g/mol. The van der Waals surface area contributed by atoms with E-state index in [1.165, 1.54) is 16.7 Å². The minimum Gasteiger partial charge on any atom is -0.496 e. The first kappa shape index (κ1) is 16.1. The molecule has 0 aliphatic carbocycles. The molecule has 0 spiro atoms. The van der Waals surface area contributed by atoms with Crippen LogP contribution in [0.3, 0.4) is 0 Å². The summed E-state index contributed by atoms with van der Waals surface area (Å²) < 4.78 is 5.56. The molecule has 1 heterocycles. The number of hydrogen-bond acceptors (Lipinski definition) is 3. The second-order valence-electron chi connectivity index (χ2n) is 5.42. The third-order valence-electron chi connectivity index (χ3n) is 3.70. The van der Waals surface area contributed by atoms with Crippen LogP contribution in [0.4, 0.5) is 0 Å². The molecule has 2 aromatic rings. The van der Waals surface area contributed by atoms with E-state index in [-0.39, 0.29) is 0 Å². The highest BCUT2D eigenvalue weighted by Crippen LogP contribution is 2.29. The molecule has 1 N–H and O–H groups in total. The molecule has 0 saturated heterocycles. The van der Waals surface area contributed by atoms with Gasteiger partial charge in [0.15, 0.2) is 0 Å². The molecule has 0 amide bonds. The summed E-state index contributed by atoms with van der Waals surface area (Å²) in [6.45, 7) is 5.38. The highest BCUT2D eigenvalue weighted by molar-refractivity contribution is 7.07. The summed E-state index contributed by atoms with van der Waals surface area (Å²) in [5.74, 6) is 0.986. The Morgan fingerprint density at radius 2 is 2.14 bits per heavy atom. The van der Waals surface area contributed by atoms with Gasteiger partial charge in [-0.3, -0.25) is 0 Å². The number of hydrogen-bond donors (Lipinski definition) is 1. The van der Waals surface area contributed by atoms with Crippen molar-refractivity contribution in [2.75, 3.05) is 13.7 Å². The molecule has 0 radical (unpaired) electrons. The van der Waals surface area contributed by atoms with Gasteiger partial charge in [-0.1, -0.05) is 24.6 Å². The number of thiophene rings is 1. The molecule has 0 fully saturated rings. The van der Waals surface area contributed by atoms with Crippen LogP contribution in [0.1, 0.15) is 42.5 Å². The van der Waals surface area contributed by atoms with Crippen LogP contribution in [0.25, 0.3) is 0 Å². The SMILES string of the molecule is CCCNC(CCc1ccsc1)c1cc(C)ccc1OC. The first-order valence-electron chi connectivity index (χ1n) is 7.63. The van der Waals surface area contributed by atoms with E-state index < -0.39 is 0 Å². The van der Waals surface area contributed by atoms with E-state index >= 15 is 0 Å². The van der Waals surface area contributed by atoms with E-state index in [9.17, 15) is 0 Å². The number of aryl methyl sites for hydroxylation is 2. The predicted octanol–water partition coefficient (Wildman–Crippen LogP) is 4.74. The summed E-state index contributed by atoms with van der Waals surface area (Å²) in [6.07, 6.45) is 3.33. The van der Waals surface area contributed by atoms with Gasteiger partial charge in [0.05, 0.1) is 7.11 Å². The molecule has 1 unspecified atom stereocenters. The number of nitrogens with one attached hydrogen (secondary N) is 1. The molecule has 2 nitrogen and oxygen atoms in total. The lowest BCUT2D eigenvalue weighted by molar-refractivity contribution is 0.394. The Kier molecular flexibility index (Phi) is 6.27. The van der Waals surface area contributed by atoms with E-state index in [4.69, 9.17) is 4.74 Å². The molecule has 0 aliphatic rings. The first-order chi connectivity index (χ1) is 10.2. The lowest BCUT2D eigenvalue weighted by Gasteiger charge is -2.21. The summed E-state index contributed by atoms with van der Waals surface area (Å²) in [7, 11) is 1.75.